The molecule has 2 amide bonds. The minimum atomic E-state index is -3.01. The first-order valence-corrected chi connectivity index (χ1v) is 10.7. The van der Waals surface area contributed by atoms with Gasteiger partial charge in [0.25, 0.3) is 5.92 Å². The van der Waals surface area contributed by atoms with E-state index in [9.17, 15) is 18.4 Å². The lowest BCUT2D eigenvalue weighted by Gasteiger charge is -2.18. The predicted molar refractivity (Wildman–Crippen MR) is 128 cm³/mol. The van der Waals surface area contributed by atoms with Crippen molar-refractivity contribution in [2.75, 3.05) is 10.3 Å². The Balaban J connectivity index is 1.80. The van der Waals surface area contributed by atoms with Crippen molar-refractivity contribution in [1.82, 2.24) is 4.57 Å². The number of carbonyl (C=O) groups excluding carboxylic acids is 2. The molecule has 1 N–H and O–H groups in total. The van der Waals surface area contributed by atoms with Gasteiger partial charge < -0.3 is 9.88 Å². The number of rotatable bonds is 8. The van der Waals surface area contributed by atoms with Crippen molar-refractivity contribution in [2.45, 2.75) is 46.6 Å². The molecule has 0 fully saturated rings. The second-order valence-corrected chi connectivity index (χ2v) is 8.43. The molecule has 1 aromatic heterocycles. The molecule has 2 aromatic carbocycles. The fourth-order valence-electron chi connectivity index (χ4n) is 3.44. The third kappa shape index (κ3) is 5.45. The van der Waals surface area contributed by atoms with Gasteiger partial charge in [-0.15, -0.1) is 0 Å². The zero-order valence-corrected chi connectivity index (χ0v) is 19.3. The van der Waals surface area contributed by atoms with Crippen LogP contribution in [0.15, 0.2) is 59.8 Å². The van der Waals surface area contributed by atoms with E-state index in [0.717, 1.165) is 17.8 Å². The summed E-state index contributed by atoms with van der Waals surface area (Å²) in [6.45, 7) is 8.24. The standard InChI is InChI=1S/C25H28F2N4O2/c1-16(2)30-12-11-19-9-10-22(14-23(19)30)31(15-32)29-18(4)17(3)24(33)28-21-8-6-7-20(13-21)25(5,26)27/h6-17H,1-5H3,(H,28,33)/b29-18-. The molecule has 0 spiro atoms. The van der Waals surface area contributed by atoms with Gasteiger partial charge in [-0.1, -0.05) is 18.2 Å². The van der Waals surface area contributed by atoms with Gasteiger partial charge >= 0.3 is 0 Å². The summed E-state index contributed by atoms with van der Waals surface area (Å²) in [5, 5.41) is 9.22. The topological polar surface area (TPSA) is 66.7 Å². The number of nitrogens with zero attached hydrogens (tertiary/aromatic N) is 3. The third-order valence-electron chi connectivity index (χ3n) is 5.55. The number of halogens is 2. The summed E-state index contributed by atoms with van der Waals surface area (Å²) in [6, 6.07) is 13.4. The molecular weight excluding hydrogens is 426 g/mol. The van der Waals surface area contributed by atoms with Crippen molar-refractivity contribution < 1.29 is 18.4 Å². The van der Waals surface area contributed by atoms with Crippen LogP contribution in [0.4, 0.5) is 20.2 Å². The summed E-state index contributed by atoms with van der Waals surface area (Å²) in [7, 11) is 0. The molecule has 0 bridgehead atoms. The van der Waals surface area contributed by atoms with Gasteiger partial charge in [0.1, 0.15) is 0 Å². The lowest BCUT2D eigenvalue weighted by molar-refractivity contribution is -0.117. The second-order valence-electron chi connectivity index (χ2n) is 8.43. The predicted octanol–water partition coefficient (Wildman–Crippen LogP) is 5.95. The molecule has 3 aromatic rings. The third-order valence-corrected chi connectivity index (χ3v) is 5.55. The van der Waals surface area contributed by atoms with E-state index in [0.29, 0.717) is 17.8 Å². The van der Waals surface area contributed by atoms with Crippen LogP contribution in [0.1, 0.15) is 46.2 Å². The summed E-state index contributed by atoms with van der Waals surface area (Å²) >= 11 is 0. The molecule has 1 unspecified atom stereocenters. The summed E-state index contributed by atoms with van der Waals surface area (Å²) in [5.41, 5.74) is 2.03. The molecular formula is C25H28F2N4O2. The number of hydrogen-bond donors (Lipinski definition) is 1. The minimum absolute atomic E-state index is 0.188. The van der Waals surface area contributed by atoms with Crippen LogP contribution in [0.5, 0.6) is 0 Å². The van der Waals surface area contributed by atoms with E-state index >= 15 is 0 Å². The van der Waals surface area contributed by atoms with Crippen LogP contribution in [0.2, 0.25) is 0 Å². The highest BCUT2D eigenvalue weighted by atomic mass is 19.3. The Hall–Kier alpha value is -3.55. The van der Waals surface area contributed by atoms with Crippen molar-refractivity contribution in [1.29, 1.82) is 0 Å². The molecule has 1 atom stereocenters. The maximum Gasteiger partial charge on any atom is 0.270 e. The first-order valence-electron chi connectivity index (χ1n) is 10.7. The number of carbonyl (C=O) groups is 2. The number of fused-ring (bicyclic) bond motifs is 1. The highest BCUT2D eigenvalue weighted by Gasteiger charge is 2.25. The zero-order valence-electron chi connectivity index (χ0n) is 19.3. The lowest BCUT2D eigenvalue weighted by atomic mass is 10.1. The van der Waals surface area contributed by atoms with Gasteiger partial charge in [0.05, 0.1) is 17.1 Å². The fourth-order valence-corrected chi connectivity index (χ4v) is 3.44. The Morgan fingerprint density at radius 1 is 1.15 bits per heavy atom. The van der Waals surface area contributed by atoms with E-state index in [1.165, 1.54) is 23.2 Å². The highest BCUT2D eigenvalue weighted by molar-refractivity contribution is 6.08. The molecule has 0 saturated carbocycles. The van der Waals surface area contributed by atoms with E-state index in [4.69, 9.17) is 0 Å². The molecule has 0 saturated heterocycles. The molecule has 0 radical (unpaired) electrons. The van der Waals surface area contributed by atoms with Gasteiger partial charge in [-0.25, -0.2) is 13.8 Å². The Morgan fingerprint density at radius 2 is 1.88 bits per heavy atom. The van der Waals surface area contributed by atoms with E-state index in [-0.39, 0.29) is 17.3 Å². The molecule has 0 aliphatic heterocycles. The van der Waals surface area contributed by atoms with Gasteiger partial charge in [0, 0.05) is 36.1 Å². The maximum atomic E-state index is 13.6. The average Bonchev–Trinajstić information content (AvgIpc) is 3.20. The number of alkyl halides is 2. The number of amides is 2. The number of anilines is 2. The number of nitrogens with one attached hydrogen (secondary N) is 1. The fraction of sp³-hybridized carbons (Fsp3) is 0.320. The van der Waals surface area contributed by atoms with Crippen LogP contribution < -0.4 is 10.3 Å². The monoisotopic (exact) mass is 454 g/mol. The van der Waals surface area contributed by atoms with Crippen LogP contribution in [-0.2, 0) is 15.5 Å². The average molecular weight is 455 g/mol. The maximum absolute atomic E-state index is 13.6. The van der Waals surface area contributed by atoms with Crippen LogP contribution in [-0.4, -0.2) is 22.6 Å². The van der Waals surface area contributed by atoms with E-state index < -0.39 is 17.7 Å². The molecule has 1 heterocycles. The van der Waals surface area contributed by atoms with Gasteiger partial charge in [-0.2, -0.15) is 5.10 Å². The first-order chi connectivity index (χ1) is 15.5. The van der Waals surface area contributed by atoms with Gasteiger partial charge in [0.15, 0.2) is 0 Å². The van der Waals surface area contributed by atoms with Crippen molar-refractivity contribution in [3.05, 3.63) is 60.3 Å². The van der Waals surface area contributed by atoms with Crippen LogP contribution in [0, 0.1) is 5.92 Å². The van der Waals surface area contributed by atoms with Gasteiger partial charge in [-0.05, 0) is 63.4 Å². The molecule has 174 valence electrons. The van der Waals surface area contributed by atoms with Crippen LogP contribution in [0.25, 0.3) is 10.9 Å². The van der Waals surface area contributed by atoms with Gasteiger partial charge in [0.2, 0.25) is 12.3 Å². The Labute approximate surface area is 191 Å². The molecule has 33 heavy (non-hydrogen) atoms. The highest BCUT2D eigenvalue weighted by Crippen LogP contribution is 2.29. The molecule has 8 heteroatoms. The minimum Gasteiger partial charge on any atom is -0.345 e. The van der Waals surface area contributed by atoms with Crippen LogP contribution >= 0.6 is 0 Å². The van der Waals surface area contributed by atoms with Crippen molar-refractivity contribution in [2.24, 2.45) is 11.0 Å². The number of aromatic nitrogens is 1. The Bertz CT molecular complexity index is 1190. The second kappa shape index (κ2) is 9.52. The number of benzene rings is 2. The summed E-state index contributed by atoms with van der Waals surface area (Å²) in [4.78, 5) is 24.5. The van der Waals surface area contributed by atoms with Gasteiger partial charge in [-0.3, -0.25) is 9.59 Å². The lowest BCUT2D eigenvalue weighted by Crippen LogP contribution is -2.28. The van der Waals surface area contributed by atoms with E-state index in [1.807, 2.05) is 24.4 Å². The summed E-state index contributed by atoms with van der Waals surface area (Å²) in [5.74, 6) is -4.12. The first kappa shape index (κ1) is 24.1. The molecule has 6 nitrogen and oxygen atoms in total. The summed E-state index contributed by atoms with van der Waals surface area (Å²) < 4.78 is 29.3. The summed E-state index contributed by atoms with van der Waals surface area (Å²) in [6.07, 6.45) is 2.58. The van der Waals surface area contributed by atoms with Crippen LogP contribution in [0.3, 0.4) is 0 Å². The largest absolute Gasteiger partial charge is 0.345 e. The smallest absolute Gasteiger partial charge is 0.270 e. The zero-order chi connectivity index (χ0) is 24.3. The van der Waals surface area contributed by atoms with Crippen molar-refractivity contribution >= 4 is 40.3 Å². The molecule has 3 rings (SSSR count). The molecule has 0 aliphatic carbocycles. The van der Waals surface area contributed by atoms with Crippen molar-refractivity contribution in [3.63, 3.8) is 0 Å². The quantitative estimate of drug-likeness (QED) is 0.260. The van der Waals surface area contributed by atoms with E-state index in [1.54, 1.807) is 26.0 Å². The number of hydrazone groups is 1. The molecule has 0 aliphatic rings. The normalized spacial score (nSPS) is 13.3. The van der Waals surface area contributed by atoms with E-state index in [2.05, 4.69) is 28.8 Å². The SMILES string of the molecule is C/C(=N/N(C=O)c1ccc2ccn(C(C)C)c2c1)C(C)C(=O)Nc1cccc(C(C)(F)F)c1. The Kier molecular flexibility index (Phi) is 6.95. The van der Waals surface area contributed by atoms with Crippen molar-refractivity contribution in [3.8, 4) is 0 Å². The Morgan fingerprint density at radius 3 is 2.52 bits per heavy atom. The number of hydrogen-bond acceptors (Lipinski definition) is 3.